The Morgan fingerprint density at radius 2 is 2.19 bits per heavy atom. The van der Waals surface area contributed by atoms with E-state index in [1.54, 1.807) is 11.3 Å². The first kappa shape index (κ1) is 14.2. The van der Waals surface area contributed by atoms with Gasteiger partial charge in [-0.15, -0.1) is 21.5 Å². The van der Waals surface area contributed by atoms with Gasteiger partial charge in [0.1, 0.15) is 10.0 Å². The molecule has 0 aliphatic carbocycles. The van der Waals surface area contributed by atoms with Crippen LogP contribution in [-0.2, 0) is 0 Å². The number of amides is 1. The van der Waals surface area contributed by atoms with Crippen LogP contribution in [0.1, 0.15) is 44.7 Å². The van der Waals surface area contributed by atoms with Crippen LogP contribution >= 0.6 is 11.3 Å². The number of carbonyl (C=O) groups is 1. The molecule has 1 aromatic heterocycles. The molecule has 1 amide bonds. The lowest BCUT2D eigenvalue weighted by molar-refractivity contribution is 0.0706. The van der Waals surface area contributed by atoms with Crippen LogP contribution in [0.4, 0.5) is 0 Å². The van der Waals surface area contributed by atoms with Crippen molar-refractivity contribution in [1.29, 1.82) is 0 Å². The molecule has 5 heteroatoms. The summed E-state index contributed by atoms with van der Waals surface area (Å²) < 4.78 is 0. The van der Waals surface area contributed by atoms with Gasteiger partial charge in [0.2, 0.25) is 0 Å². The minimum absolute atomic E-state index is 0.129. The first-order valence-electron chi connectivity index (χ1n) is 7.29. The highest BCUT2D eigenvalue weighted by Gasteiger charge is 2.27. The molecule has 2 aromatic rings. The number of likely N-dealkylation sites (tertiary alicyclic amines) is 1. The molecule has 1 aromatic carbocycles. The van der Waals surface area contributed by atoms with Crippen LogP contribution in [0.2, 0.25) is 0 Å². The van der Waals surface area contributed by atoms with Crippen molar-refractivity contribution in [3.05, 3.63) is 45.4 Å². The molecule has 3 rings (SSSR count). The SMILES string of the molecule is Cc1cccc(C(=O)N2CCC[C@@H](c3nnc(C)s3)C2)c1. The monoisotopic (exact) mass is 301 g/mol. The molecule has 0 bridgehead atoms. The van der Waals surface area contributed by atoms with Gasteiger partial charge in [0.25, 0.3) is 5.91 Å². The van der Waals surface area contributed by atoms with E-state index in [0.717, 1.165) is 47.1 Å². The van der Waals surface area contributed by atoms with Crippen LogP contribution in [0.15, 0.2) is 24.3 Å². The Kier molecular flexibility index (Phi) is 4.01. The van der Waals surface area contributed by atoms with E-state index in [-0.39, 0.29) is 5.91 Å². The lowest BCUT2D eigenvalue weighted by Gasteiger charge is -2.31. The van der Waals surface area contributed by atoms with E-state index in [2.05, 4.69) is 10.2 Å². The molecule has 110 valence electrons. The van der Waals surface area contributed by atoms with Crippen molar-refractivity contribution in [2.45, 2.75) is 32.6 Å². The first-order chi connectivity index (χ1) is 10.1. The van der Waals surface area contributed by atoms with Gasteiger partial charge >= 0.3 is 0 Å². The lowest BCUT2D eigenvalue weighted by atomic mass is 9.98. The summed E-state index contributed by atoms with van der Waals surface area (Å²) in [6, 6.07) is 7.81. The Morgan fingerprint density at radius 3 is 2.90 bits per heavy atom. The fourth-order valence-electron chi connectivity index (χ4n) is 2.80. The maximum Gasteiger partial charge on any atom is 0.253 e. The summed E-state index contributed by atoms with van der Waals surface area (Å²) in [5.74, 6) is 0.461. The van der Waals surface area contributed by atoms with Crippen molar-refractivity contribution in [2.24, 2.45) is 0 Å². The summed E-state index contributed by atoms with van der Waals surface area (Å²) in [5, 5.41) is 10.4. The van der Waals surface area contributed by atoms with Crippen molar-refractivity contribution in [3.63, 3.8) is 0 Å². The zero-order chi connectivity index (χ0) is 14.8. The number of rotatable bonds is 2. The quantitative estimate of drug-likeness (QED) is 0.856. The largest absolute Gasteiger partial charge is 0.338 e. The van der Waals surface area contributed by atoms with Crippen LogP contribution in [0, 0.1) is 13.8 Å². The summed E-state index contributed by atoms with van der Waals surface area (Å²) >= 11 is 1.65. The Morgan fingerprint density at radius 1 is 1.33 bits per heavy atom. The molecular formula is C16H19N3OS. The van der Waals surface area contributed by atoms with E-state index in [4.69, 9.17) is 0 Å². The predicted octanol–water partition coefficient (Wildman–Crippen LogP) is 3.17. The number of hydrogen-bond acceptors (Lipinski definition) is 4. The third kappa shape index (κ3) is 3.13. The average Bonchev–Trinajstić information content (AvgIpc) is 2.93. The Bertz CT molecular complexity index is 652. The van der Waals surface area contributed by atoms with Gasteiger partial charge in [0, 0.05) is 24.6 Å². The molecule has 1 atom stereocenters. The molecule has 21 heavy (non-hydrogen) atoms. The minimum Gasteiger partial charge on any atom is -0.338 e. The average molecular weight is 301 g/mol. The van der Waals surface area contributed by atoms with E-state index in [1.807, 2.05) is 43.0 Å². The molecular weight excluding hydrogens is 282 g/mol. The summed E-state index contributed by atoms with van der Waals surface area (Å²) in [6.07, 6.45) is 2.12. The second-order valence-electron chi connectivity index (χ2n) is 5.62. The summed E-state index contributed by atoms with van der Waals surface area (Å²) in [6.45, 7) is 5.57. The second-order valence-corrected chi connectivity index (χ2v) is 6.83. The molecule has 0 unspecified atom stereocenters. The molecule has 0 radical (unpaired) electrons. The molecule has 4 nitrogen and oxygen atoms in total. The maximum absolute atomic E-state index is 12.6. The minimum atomic E-state index is 0.129. The fraction of sp³-hybridized carbons (Fsp3) is 0.438. The molecule has 0 saturated carbocycles. The van der Waals surface area contributed by atoms with Gasteiger partial charge in [-0.3, -0.25) is 4.79 Å². The standard InChI is InChI=1S/C16H19N3OS/c1-11-5-3-6-13(9-11)16(20)19-8-4-7-14(10-19)15-18-17-12(2)21-15/h3,5-6,9,14H,4,7-8,10H2,1-2H3/t14-/m1/s1. The highest BCUT2D eigenvalue weighted by Crippen LogP contribution is 2.29. The third-order valence-electron chi connectivity index (χ3n) is 3.86. The molecule has 0 N–H and O–H groups in total. The van der Waals surface area contributed by atoms with Gasteiger partial charge in [-0.25, -0.2) is 0 Å². The van der Waals surface area contributed by atoms with Crippen molar-refractivity contribution < 1.29 is 4.79 Å². The van der Waals surface area contributed by atoms with Gasteiger partial charge in [-0.1, -0.05) is 17.7 Å². The normalized spacial score (nSPS) is 18.8. The van der Waals surface area contributed by atoms with Crippen LogP contribution in [-0.4, -0.2) is 34.1 Å². The summed E-state index contributed by atoms with van der Waals surface area (Å²) in [7, 11) is 0. The third-order valence-corrected chi connectivity index (χ3v) is 4.87. The van der Waals surface area contributed by atoms with Crippen molar-refractivity contribution in [1.82, 2.24) is 15.1 Å². The van der Waals surface area contributed by atoms with Crippen LogP contribution in [0.25, 0.3) is 0 Å². The van der Waals surface area contributed by atoms with E-state index in [1.165, 1.54) is 0 Å². The maximum atomic E-state index is 12.6. The zero-order valence-corrected chi connectivity index (χ0v) is 13.2. The van der Waals surface area contributed by atoms with Gasteiger partial charge in [-0.2, -0.15) is 0 Å². The second kappa shape index (κ2) is 5.93. The number of aromatic nitrogens is 2. The van der Waals surface area contributed by atoms with Gasteiger partial charge in [-0.05, 0) is 38.8 Å². The molecule has 0 spiro atoms. The number of hydrogen-bond donors (Lipinski definition) is 0. The van der Waals surface area contributed by atoms with E-state index < -0.39 is 0 Å². The molecule has 1 aliphatic heterocycles. The number of aryl methyl sites for hydroxylation is 2. The smallest absolute Gasteiger partial charge is 0.253 e. The fourth-order valence-corrected chi connectivity index (χ4v) is 3.63. The highest BCUT2D eigenvalue weighted by molar-refractivity contribution is 7.11. The van der Waals surface area contributed by atoms with Gasteiger partial charge in [0.15, 0.2) is 0 Å². The van der Waals surface area contributed by atoms with E-state index in [0.29, 0.717) is 5.92 Å². The topological polar surface area (TPSA) is 46.1 Å². The number of benzene rings is 1. The van der Waals surface area contributed by atoms with E-state index in [9.17, 15) is 4.79 Å². The Labute approximate surface area is 128 Å². The van der Waals surface area contributed by atoms with Crippen LogP contribution in [0.5, 0.6) is 0 Å². The van der Waals surface area contributed by atoms with Crippen molar-refractivity contribution in [2.75, 3.05) is 13.1 Å². The molecule has 2 heterocycles. The number of nitrogens with zero attached hydrogens (tertiary/aromatic N) is 3. The Balaban J connectivity index is 1.75. The first-order valence-corrected chi connectivity index (χ1v) is 8.11. The van der Waals surface area contributed by atoms with Crippen molar-refractivity contribution >= 4 is 17.2 Å². The van der Waals surface area contributed by atoms with Gasteiger partial charge in [0.05, 0.1) is 0 Å². The highest BCUT2D eigenvalue weighted by atomic mass is 32.1. The zero-order valence-electron chi connectivity index (χ0n) is 12.4. The van der Waals surface area contributed by atoms with Crippen molar-refractivity contribution in [3.8, 4) is 0 Å². The number of piperidine rings is 1. The van der Waals surface area contributed by atoms with Crippen LogP contribution < -0.4 is 0 Å². The molecule has 1 fully saturated rings. The Hall–Kier alpha value is -1.75. The molecule has 1 saturated heterocycles. The van der Waals surface area contributed by atoms with Crippen LogP contribution in [0.3, 0.4) is 0 Å². The number of carbonyl (C=O) groups excluding carboxylic acids is 1. The summed E-state index contributed by atoms with van der Waals surface area (Å²) in [4.78, 5) is 14.6. The van der Waals surface area contributed by atoms with E-state index >= 15 is 0 Å². The summed E-state index contributed by atoms with van der Waals surface area (Å²) in [5.41, 5.74) is 1.90. The molecule has 1 aliphatic rings. The predicted molar refractivity (Wildman–Crippen MR) is 83.7 cm³/mol. The lowest BCUT2D eigenvalue weighted by Crippen LogP contribution is -2.39. The van der Waals surface area contributed by atoms with Gasteiger partial charge < -0.3 is 4.90 Å².